The van der Waals surface area contributed by atoms with E-state index in [2.05, 4.69) is 0 Å². The van der Waals surface area contributed by atoms with E-state index in [1.807, 2.05) is 0 Å². The van der Waals surface area contributed by atoms with Crippen LogP contribution in [0.25, 0.3) is 0 Å². The van der Waals surface area contributed by atoms with Crippen LogP contribution in [0.1, 0.15) is 28.8 Å². The van der Waals surface area contributed by atoms with Crippen LogP contribution in [0.4, 0.5) is 18.9 Å². The molecule has 3 rings (SSSR count). The van der Waals surface area contributed by atoms with Gasteiger partial charge < -0.3 is 10.2 Å². The van der Waals surface area contributed by atoms with Gasteiger partial charge in [-0.05, 0) is 48.4 Å². The number of carbonyl (C=O) groups is 2. The Labute approximate surface area is 183 Å². The molecule has 172 valence electrons. The van der Waals surface area contributed by atoms with Gasteiger partial charge in [-0.3, -0.25) is 9.59 Å². The summed E-state index contributed by atoms with van der Waals surface area (Å²) in [6, 6.07) is 11.7. The number of nitrogens with zero attached hydrogens (tertiary/aromatic N) is 2. The lowest BCUT2D eigenvalue weighted by atomic mass is 10.1. The summed E-state index contributed by atoms with van der Waals surface area (Å²) in [6.07, 6.45) is -3.26. The summed E-state index contributed by atoms with van der Waals surface area (Å²) in [6.45, 7) is -0.826. The smallest absolute Gasteiger partial charge is 0.343 e. The number of nitrogens with one attached hydrogen (secondary N) is 1. The van der Waals surface area contributed by atoms with Gasteiger partial charge in [0.2, 0.25) is 15.9 Å². The van der Waals surface area contributed by atoms with Crippen LogP contribution < -0.4 is 10.2 Å². The minimum atomic E-state index is -4.51. The van der Waals surface area contributed by atoms with Crippen LogP contribution in [0.5, 0.6) is 0 Å². The fourth-order valence-corrected chi connectivity index (χ4v) is 4.44. The van der Waals surface area contributed by atoms with Crippen LogP contribution in [0.15, 0.2) is 53.4 Å². The molecular formula is C21H22F3N3O4S. The molecule has 1 fully saturated rings. The van der Waals surface area contributed by atoms with Crippen molar-refractivity contribution in [2.75, 3.05) is 25.0 Å². The average molecular weight is 469 g/mol. The van der Waals surface area contributed by atoms with E-state index in [0.717, 1.165) is 10.7 Å². The van der Waals surface area contributed by atoms with E-state index < -0.39 is 28.7 Å². The lowest BCUT2D eigenvalue weighted by molar-refractivity contribution is -0.123. The summed E-state index contributed by atoms with van der Waals surface area (Å²) in [5.74, 6) is -0.861. The standard InChI is InChI=1S/C21H22F3N3O4S/c1-26(13-15-4-6-16(7-5-15)20(29)25-14-21(22,23)24)32(30,31)18-10-8-17(9-11-18)27-12-2-3-19(27)28/h4-11H,2-3,12-14H2,1H3,(H,25,29). The lowest BCUT2D eigenvalue weighted by Gasteiger charge is -2.19. The molecule has 0 atom stereocenters. The van der Waals surface area contributed by atoms with E-state index >= 15 is 0 Å². The summed E-state index contributed by atoms with van der Waals surface area (Å²) in [4.78, 5) is 25.3. The van der Waals surface area contributed by atoms with Crippen molar-refractivity contribution >= 4 is 27.5 Å². The minimum Gasteiger partial charge on any atom is -0.343 e. The van der Waals surface area contributed by atoms with Gasteiger partial charge in [-0.25, -0.2) is 8.42 Å². The fourth-order valence-electron chi connectivity index (χ4n) is 3.29. The van der Waals surface area contributed by atoms with Crippen molar-refractivity contribution in [3.05, 3.63) is 59.7 Å². The van der Waals surface area contributed by atoms with Gasteiger partial charge in [-0.15, -0.1) is 0 Å². The minimum absolute atomic E-state index is 0.000847. The molecular weight excluding hydrogens is 447 g/mol. The highest BCUT2D eigenvalue weighted by atomic mass is 32.2. The first-order valence-corrected chi connectivity index (χ1v) is 11.2. The van der Waals surface area contributed by atoms with Gasteiger partial charge in [0.15, 0.2) is 0 Å². The number of alkyl halides is 3. The first kappa shape index (κ1) is 23.7. The van der Waals surface area contributed by atoms with Gasteiger partial charge in [0, 0.05) is 37.8 Å². The van der Waals surface area contributed by atoms with Crippen LogP contribution in [0, 0.1) is 0 Å². The summed E-state index contributed by atoms with van der Waals surface area (Å²) < 4.78 is 63.5. The van der Waals surface area contributed by atoms with E-state index in [-0.39, 0.29) is 22.9 Å². The first-order chi connectivity index (χ1) is 15.0. The number of amides is 2. The normalized spacial score (nSPS) is 14.8. The highest BCUT2D eigenvalue weighted by molar-refractivity contribution is 7.89. The third-order valence-electron chi connectivity index (χ3n) is 5.00. The maximum atomic E-state index is 12.9. The number of benzene rings is 2. The van der Waals surface area contributed by atoms with Crippen LogP contribution in [-0.4, -0.2) is 50.9 Å². The summed E-state index contributed by atoms with van der Waals surface area (Å²) in [5, 5.41) is 1.78. The summed E-state index contributed by atoms with van der Waals surface area (Å²) in [7, 11) is -2.42. The number of sulfonamides is 1. The van der Waals surface area contributed by atoms with E-state index in [0.29, 0.717) is 24.2 Å². The quantitative estimate of drug-likeness (QED) is 0.676. The number of rotatable bonds is 7. The van der Waals surface area contributed by atoms with Gasteiger partial charge in [0.05, 0.1) is 4.90 Å². The predicted molar refractivity (Wildman–Crippen MR) is 112 cm³/mol. The molecule has 1 N–H and O–H groups in total. The van der Waals surface area contributed by atoms with E-state index in [9.17, 15) is 31.2 Å². The number of carbonyl (C=O) groups excluding carboxylic acids is 2. The molecule has 32 heavy (non-hydrogen) atoms. The van der Waals surface area contributed by atoms with E-state index in [1.165, 1.54) is 43.4 Å². The first-order valence-electron chi connectivity index (χ1n) is 9.78. The number of halogens is 3. The maximum Gasteiger partial charge on any atom is 0.405 e. The molecule has 0 radical (unpaired) electrons. The molecule has 0 aromatic heterocycles. The van der Waals surface area contributed by atoms with Crippen LogP contribution in [0.3, 0.4) is 0 Å². The molecule has 0 unspecified atom stereocenters. The van der Waals surface area contributed by atoms with E-state index in [1.54, 1.807) is 22.3 Å². The number of hydrogen-bond acceptors (Lipinski definition) is 4. The Bertz CT molecular complexity index is 1080. The summed E-state index contributed by atoms with van der Waals surface area (Å²) in [5.41, 5.74) is 1.24. The zero-order valence-corrected chi connectivity index (χ0v) is 18.0. The van der Waals surface area contributed by atoms with Gasteiger partial charge in [0.25, 0.3) is 5.91 Å². The van der Waals surface area contributed by atoms with Gasteiger partial charge in [0.1, 0.15) is 6.54 Å². The largest absolute Gasteiger partial charge is 0.405 e. The van der Waals surface area contributed by atoms with Crippen LogP contribution in [0.2, 0.25) is 0 Å². The molecule has 0 aliphatic carbocycles. The topological polar surface area (TPSA) is 86.8 Å². The molecule has 0 bridgehead atoms. The third-order valence-corrected chi connectivity index (χ3v) is 6.82. The summed E-state index contributed by atoms with van der Waals surface area (Å²) >= 11 is 0. The molecule has 11 heteroatoms. The van der Waals surface area contributed by atoms with Crippen molar-refractivity contribution in [1.82, 2.24) is 9.62 Å². The van der Waals surface area contributed by atoms with Crippen molar-refractivity contribution in [1.29, 1.82) is 0 Å². The Hall–Kier alpha value is -2.92. The fraction of sp³-hybridized carbons (Fsp3) is 0.333. The highest BCUT2D eigenvalue weighted by Gasteiger charge is 2.28. The molecule has 2 aromatic carbocycles. The molecule has 1 aliphatic rings. The lowest BCUT2D eigenvalue weighted by Crippen LogP contribution is -2.33. The second-order valence-electron chi connectivity index (χ2n) is 7.40. The highest BCUT2D eigenvalue weighted by Crippen LogP contribution is 2.24. The molecule has 1 aliphatic heterocycles. The molecule has 7 nitrogen and oxygen atoms in total. The van der Waals surface area contributed by atoms with Gasteiger partial charge in [-0.1, -0.05) is 12.1 Å². The number of hydrogen-bond donors (Lipinski definition) is 1. The number of anilines is 1. The molecule has 0 saturated carbocycles. The monoisotopic (exact) mass is 469 g/mol. The third kappa shape index (κ3) is 5.65. The van der Waals surface area contributed by atoms with Crippen molar-refractivity contribution in [3.63, 3.8) is 0 Å². The maximum absolute atomic E-state index is 12.9. The zero-order valence-electron chi connectivity index (χ0n) is 17.2. The van der Waals surface area contributed by atoms with Gasteiger partial charge in [-0.2, -0.15) is 17.5 Å². The predicted octanol–water partition coefficient (Wildman–Crippen LogP) is 2.93. The van der Waals surface area contributed by atoms with Crippen molar-refractivity contribution in [2.45, 2.75) is 30.5 Å². The Morgan fingerprint density at radius 2 is 1.72 bits per heavy atom. The molecule has 2 amide bonds. The van der Waals surface area contributed by atoms with E-state index in [4.69, 9.17) is 0 Å². The second-order valence-corrected chi connectivity index (χ2v) is 9.44. The van der Waals surface area contributed by atoms with Crippen molar-refractivity contribution < 1.29 is 31.2 Å². The Morgan fingerprint density at radius 3 is 2.25 bits per heavy atom. The van der Waals surface area contributed by atoms with Crippen LogP contribution >= 0.6 is 0 Å². The Kier molecular flexibility index (Phi) is 6.89. The molecule has 2 aromatic rings. The molecule has 1 saturated heterocycles. The molecule has 1 heterocycles. The average Bonchev–Trinajstić information content (AvgIpc) is 3.18. The van der Waals surface area contributed by atoms with Gasteiger partial charge >= 0.3 is 6.18 Å². The SMILES string of the molecule is CN(Cc1ccc(C(=O)NCC(F)(F)F)cc1)S(=O)(=O)c1ccc(N2CCCC2=O)cc1. The Balaban J connectivity index is 1.65. The van der Waals surface area contributed by atoms with Crippen molar-refractivity contribution in [2.24, 2.45) is 0 Å². The Morgan fingerprint density at radius 1 is 1.09 bits per heavy atom. The van der Waals surface area contributed by atoms with Crippen LogP contribution in [-0.2, 0) is 21.4 Å². The molecule has 0 spiro atoms. The van der Waals surface area contributed by atoms with Crippen molar-refractivity contribution in [3.8, 4) is 0 Å². The zero-order chi connectivity index (χ0) is 23.5. The second kappa shape index (κ2) is 9.29.